The van der Waals surface area contributed by atoms with Gasteiger partial charge in [0.25, 0.3) is 5.91 Å². The Kier molecular flexibility index (Phi) is 1.51. The monoisotopic (exact) mass is 181 g/mol. The van der Waals surface area contributed by atoms with Crippen molar-refractivity contribution in [3.63, 3.8) is 0 Å². The van der Waals surface area contributed by atoms with E-state index in [1.807, 2.05) is 7.05 Å². The molecule has 0 N–H and O–H groups in total. The van der Waals surface area contributed by atoms with E-state index in [0.717, 1.165) is 11.4 Å². The van der Waals surface area contributed by atoms with Crippen molar-refractivity contribution in [3.8, 4) is 0 Å². The predicted octanol–water partition coefficient (Wildman–Crippen LogP) is 1.95. The molecule has 0 bridgehead atoms. The molecule has 12 heavy (non-hydrogen) atoms. The fourth-order valence-corrected chi connectivity index (χ4v) is 2.69. The van der Waals surface area contributed by atoms with Gasteiger partial charge in [-0.1, -0.05) is 0 Å². The summed E-state index contributed by atoms with van der Waals surface area (Å²) in [5, 5.41) is 0. The van der Waals surface area contributed by atoms with E-state index in [1.165, 1.54) is 16.0 Å². The summed E-state index contributed by atoms with van der Waals surface area (Å²) in [6.45, 7) is 4.97. The van der Waals surface area contributed by atoms with Gasteiger partial charge in [0.1, 0.15) is 0 Å². The van der Waals surface area contributed by atoms with Crippen LogP contribution in [0.4, 0.5) is 0 Å². The average molecular weight is 181 g/mol. The third-order valence-electron chi connectivity index (χ3n) is 2.45. The van der Waals surface area contributed by atoms with Gasteiger partial charge in [0.05, 0.1) is 4.88 Å². The van der Waals surface area contributed by atoms with Crippen molar-refractivity contribution in [1.82, 2.24) is 4.90 Å². The first-order valence-corrected chi connectivity index (χ1v) is 4.77. The number of hydrogen-bond acceptors (Lipinski definition) is 2. The van der Waals surface area contributed by atoms with E-state index in [0.29, 0.717) is 0 Å². The van der Waals surface area contributed by atoms with Gasteiger partial charge in [-0.25, -0.2) is 0 Å². The quantitative estimate of drug-likeness (QED) is 0.599. The topological polar surface area (TPSA) is 20.3 Å². The van der Waals surface area contributed by atoms with Crippen LogP contribution in [0, 0.1) is 13.8 Å². The van der Waals surface area contributed by atoms with Crippen LogP contribution in [0.1, 0.15) is 25.7 Å². The number of carbonyl (C=O) groups excluding carboxylic acids is 1. The summed E-state index contributed by atoms with van der Waals surface area (Å²) in [6.07, 6.45) is 0. The van der Waals surface area contributed by atoms with Crippen molar-refractivity contribution in [2.45, 2.75) is 20.4 Å². The maximum Gasteiger partial charge on any atom is 0.264 e. The zero-order chi connectivity index (χ0) is 8.88. The van der Waals surface area contributed by atoms with E-state index in [1.54, 1.807) is 16.2 Å². The Morgan fingerprint density at radius 3 is 2.67 bits per heavy atom. The molecule has 0 saturated heterocycles. The molecule has 3 heteroatoms. The zero-order valence-corrected chi connectivity index (χ0v) is 8.29. The van der Waals surface area contributed by atoms with Crippen LogP contribution in [0.5, 0.6) is 0 Å². The second kappa shape index (κ2) is 2.33. The Morgan fingerprint density at radius 2 is 2.08 bits per heavy atom. The fourth-order valence-electron chi connectivity index (χ4n) is 1.52. The van der Waals surface area contributed by atoms with Gasteiger partial charge in [0.15, 0.2) is 0 Å². The number of nitrogens with zero attached hydrogens (tertiary/aromatic N) is 1. The van der Waals surface area contributed by atoms with Crippen molar-refractivity contribution in [1.29, 1.82) is 0 Å². The number of thiophene rings is 1. The first kappa shape index (κ1) is 7.80. The van der Waals surface area contributed by atoms with Gasteiger partial charge in [0.2, 0.25) is 0 Å². The highest BCUT2D eigenvalue weighted by atomic mass is 32.1. The minimum atomic E-state index is 0.186. The maximum atomic E-state index is 11.5. The molecule has 1 aromatic rings. The van der Waals surface area contributed by atoms with Gasteiger partial charge in [0, 0.05) is 18.5 Å². The van der Waals surface area contributed by atoms with Gasteiger partial charge in [-0.15, -0.1) is 11.3 Å². The summed E-state index contributed by atoms with van der Waals surface area (Å²) < 4.78 is 0. The second-order valence-electron chi connectivity index (χ2n) is 3.25. The number of amides is 1. The summed E-state index contributed by atoms with van der Waals surface area (Å²) in [6, 6.07) is 0. The van der Waals surface area contributed by atoms with E-state index in [2.05, 4.69) is 13.8 Å². The van der Waals surface area contributed by atoms with Gasteiger partial charge >= 0.3 is 0 Å². The van der Waals surface area contributed by atoms with Crippen molar-refractivity contribution >= 4 is 17.2 Å². The summed E-state index contributed by atoms with van der Waals surface area (Å²) in [5.74, 6) is 0.186. The molecule has 0 aliphatic carbocycles. The van der Waals surface area contributed by atoms with E-state index in [-0.39, 0.29) is 5.91 Å². The molecule has 1 aliphatic heterocycles. The van der Waals surface area contributed by atoms with Gasteiger partial charge in [-0.3, -0.25) is 4.79 Å². The molecule has 1 aliphatic rings. The van der Waals surface area contributed by atoms with Crippen LogP contribution in [-0.4, -0.2) is 17.9 Å². The smallest absolute Gasteiger partial charge is 0.264 e. The average Bonchev–Trinajstić information content (AvgIpc) is 2.43. The lowest BCUT2D eigenvalue weighted by atomic mass is 10.1. The lowest BCUT2D eigenvalue weighted by molar-refractivity contribution is 0.0819. The largest absolute Gasteiger partial charge is 0.337 e. The molecule has 64 valence electrons. The number of hydrogen-bond donors (Lipinski definition) is 0. The summed E-state index contributed by atoms with van der Waals surface area (Å²) in [4.78, 5) is 15.5. The van der Waals surface area contributed by atoms with Gasteiger partial charge in [-0.05, 0) is 25.0 Å². The summed E-state index contributed by atoms with van der Waals surface area (Å²) in [7, 11) is 1.85. The van der Waals surface area contributed by atoms with Crippen molar-refractivity contribution < 1.29 is 4.79 Å². The molecule has 2 nitrogen and oxygen atoms in total. The summed E-state index contributed by atoms with van der Waals surface area (Å²) >= 11 is 1.62. The van der Waals surface area contributed by atoms with Crippen LogP contribution in [0.2, 0.25) is 0 Å². The highest BCUT2D eigenvalue weighted by Crippen LogP contribution is 2.33. The van der Waals surface area contributed by atoms with E-state index in [4.69, 9.17) is 0 Å². The molecule has 0 radical (unpaired) electrons. The Labute approximate surface area is 75.8 Å². The third kappa shape index (κ3) is 0.829. The second-order valence-corrected chi connectivity index (χ2v) is 4.48. The highest BCUT2D eigenvalue weighted by Gasteiger charge is 2.28. The SMILES string of the molecule is Cc1sc2c(c1C)CN(C)C2=O. The zero-order valence-electron chi connectivity index (χ0n) is 7.47. The fraction of sp³-hybridized carbons (Fsp3) is 0.444. The molecule has 2 rings (SSSR count). The first-order valence-electron chi connectivity index (χ1n) is 3.95. The minimum Gasteiger partial charge on any atom is -0.337 e. The normalized spacial score (nSPS) is 15.6. The van der Waals surface area contributed by atoms with Crippen LogP contribution in [-0.2, 0) is 6.54 Å². The predicted molar refractivity (Wildman–Crippen MR) is 49.6 cm³/mol. The van der Waals surface area contributed by atoms with Crippen LogP contribution in [0.25, 0.3) is 0 Å². The standard InChI is InChI=1S/C9H11NOS/c1-5-6(2)12-8-7(5)4-10(3)9(8)11/h4H2,1-3H3. The van der Waals surface area contributed by atoms with E-state index >= 15 is 0 Å². The van der Waals surface area contributed by atoms with E-state index in [9.17, 15) is 4.79 Å². The lowest BCUT2D eigenvalue weighted by Crippen LogP contribution is -2.17. The minimum absolute atomic E-state index is 0.186. The van der Waals surface area contributed by atoms with Crippen LogP contribution in [0.3, 0.4) is 0 Å². The molecule has 0 aromatic carbocycles. The molecule has 0 fully saturated rings. The molecule has 0 saturated carbocycles. The highest BCUT2D eigenvalue weighted by molar-refractivity contribution is 7.14. The number of carbonyl (C=O) groups is 1. The van der Waals surface area contributed by atoms with Crippen LogP contribution < -0.4 is 0 Å². The molecule has 1 amide bonds. The molecule has 0 unspecified atom stereocenters. The Bertz CT molecular complexity index is 354. The Balaban J connectivity index is 2.59. The van der Waals surface area contributed by atoms with Crippen LogP contribution in [0.15, 0.2) is 0 Å². The molecule has 0 spiro atoms. The first-order chi connectivity index (χ1) is 5.61. The summed E-state index contributed by atoms with van der Waals surface area (Å²) in [5.41, 5.74) is 2.54. The van der Waals surface area contributed by atoms with Crippen molar-refractivity contribution in [2.24, 2.45) is 0 Å². The Morgan fingerprint density at radius 1 is 1.42 bits per heavy atom. The van der Waals surface area contributed by atoms with Crippen molar-refractivity contribution in [2.75, 3.05) is 7.05 Å². The van der Waals surface area contributed by atoms with Crippen LogP contribution >= 0.6 is 11.3 Å². The molecular formula is C9H11NOS. The molecule has 0 atom stereocenters. The third-order valence-corrected chi connectivity index (χ3v) is 3.68. The van der Waals surface area contributed by atoms with Crippen molar-refractivity contribution in [3.05, 3.63) is 20.9 Å². The molecule has 2 heterocycles. The molecular weight excluding hydrogens is 170 g/mol. The molecule has 1 aromatic heterocycles. The maximum absolute atomic E-state index is 11.5. The number of rotatable bonds is 0. The van der Waals surface area contributed by atoms with E-state index < -0.39 is 0 Å². The number of fused-ring (bicyclic) bond motifs is 1. The number of aryl methyl sites for hydroxylation is 1. The van der Waals surface area contributed by atoms with Gasteiger partial charge < -0.3 is 4.90 Å². The lowest BCUT2D eigenvalue weighted by Gasteiger charge is -2.06. The Hall–Kier alpha value is -0.830. The van der Waals surface area contributed by atoms with Gasteiger partial charge in [-0.2, -0.15) is 0 Å².